The number of fused-ring (bicyclic) bond motifs is 7. The number of aliphatic imine (C=N–C) groups is 2. The van der Waals surface area contributed by atoms with Gasteiger partial charge in [-0.25, -0.2) is 9.98 Å². The molecule has 5 nitrogen and oxygen atoms in total. The second-order valence-corrected chi connectivity index (χ2v) is 19.3. The molecule has 13 rings (SSSR count). The van der Waals surface area contributed by atoms with Crippen LogP contribution in [0, 0.1) is 11.8 Å². The molecule has 3 heterocycles. The van der Waals surface area contributed by atoms with Gasteiger partial charge in [0.2, 0.25) is 0 Å². The minimum atomic E-state index is -0.248. The zero-order valence-electron chi connectivity index (χ0n) is 38.3. The molecule has 0 spiro atoms. The molecular formula is C63H54N4O. The Hall–Kier alpha value is -7.50. The van der Waals surface area contributed by atoms with Gasteiger partial charge in [0.05, 0.1) is 11.7 Å². The monoisotopic (exact) mass is 882 g/mol. The third-order valence-electron chi connectivity index (χ3n) is 15.2. The first-order chi connectivity index (χ1) is 33.7. The Labute approximate surface area is 399 Å². The van der Waals surface area contributed by atoms with Crippen molar-refractivity contribution in [1.29, 1.82) is 0 Å². The Morgan fingerprint density at radius 3 is 2.35 bits per heavy atom. The molecule has 0 fully saturated rings. The lowest BCUT2D eigenvalue weighted by atomic mass is 9.77. The van der Waals surface area contributed by atoms with Crippen molar-refractivity contribution < 1.29 is 4.42 Å². The standard InChI is InChI=1S/C63H54N4O/c1-6-18-41(19-7-1)47-36-48(42-20-8-2-9-21-42)38-49(37-47)45-30-32-51(56(39-45)63-65-61(43-22-10-3-11-23-43)64-62(66-63)44-24-12-4-13-25-44)46-31-33-53-55-35-34-54-52-28-16-17-29-57(52)67(50-26-14-5-15-27-50)59(54)60(55)68-58(53)40-46/h1-3,5-8,10-12,14-19,22,24-28,30-38,40,42-43,56-57,63H,4,9,13,20-21,23,29,39H2,(H,64,65,66). The molecule has 68 heavy (non-hydrogen) atoms. The van der Waals surface area contributed by atoms with Crippen LogP contribution in [-0.2, 0) is 0 Å². The van der Waals surface area contributed by atoms with Crippen molar-refractivity contribution in [3.8, 4) is 11.1 Å². The summed E-state index contributed by atoms with van der Waals surface area (Å²) < 4.78 is 7.15. The highest BCUT2D eigenvalue weighted by Gasteiger charge is 2.39. The van der Waals surface area contributed by atoms with E-state index in [1.165, 1.54) is 56.6 Å². The van der Waals surface area contributed by atoms with Crippen LogP contribution in [0.4, 0.5) is 11.4 Å². The van der Waals surface area contributed by atoms with Crippen molar-refractivity contribution >= 4 is 61.7 Å². The van der Waals surface area contributed by atoms with Gasteiger partial charge in [0.15, 0.2) is 11.4 Å². The molecule has 0 amide bonds. The fourth-order valence-electron chi connectivity index (χ4n) is 11.7. The summed E-state index contributed by atoms with van der Waals surface area (Å²) in [5, 5.41) is 6.25. The van der Waals surface area contributed by atoms with Gasteiger partial charge in [0, 0.05) is 39.4 Å². The van der Waals surface area contributed by atoms with Crippen LogP contribution in [-0.4, -0.2) is 23.9 Å². The smallest absolute Gasteiger partial charge is 0.159 e. The van der Waals surface area contributed by atoms with Crippen LogP contribution in [0.15, 0.2) is 214 Å². The molecule has 0 radical (unpaired) electrons. The summed E-state index contributed by atoms with van der Waals surface area (Å²) in [5.41, 5.74) is 16.9. The first kappa shape index (κ1) is 40.7. The van der Waals surface area contributed by atoms with Gasteiger partial charge in [0.25, 0.3) is 0 Å². The fraction of sp³-hybridized carbons (Fsp3) is 0.206. The maximum Gasteiger partial charge on any atom is 0.159 e. The van der Waals surface area contributed by atoms with Gasteiger partial charge in [-0.1, -0.05) is 158 Å². The van der Waals surface area contributed by atoms with Crippen molar-refractivity contribution in [3.63, 3.8) is 0 Å². The third kappa shape index (κ3) is 7.32. The topological polar surface area (TPSA) is 53.1 Å². The number of rotatable bonds is 8. The van der Waals surface area contributed by atoms with E-state index >= 15 is 0 Å². The first-order valence-electron chi connectivity index (χ1n) is 24.8. The molecule has 5 heteroatoms. The maximum atomic E-state index is 7.15. The van der Waals surface area contributed by atoms with Crippen LogP contribution in [0.1, 0.15) is 79.5 Å². The van der Waals surface area contributed by atoms with Crippen LogP contribution < -0.4 is 10.2 Å². The molecule has 1 N–H and O–H groups in total. The second-order valence-electron chi connectivity index (χ2n) is 19.3. The van der Waals surface area contributed by atoms with Crippen LogP contribution >= 0.6 is 0 Å². The minimum absolute atomic E-state index is 0.00422. The lowest BCUT2D eigenvalue weighted by molar-refractivity contribution is 0.484. The Morgan fingerprint density at radius 1 is 0.647 bits per heavy atom. The molecule has 0 saturated carbocycles. The molecule has 5 aromatic carbocycles. The number of furan rings is 1. The summed E-state index contributed by atoms with van der Waals surface area (Å²) in [5.74, 6) is 2.47. The van der Waals surface area contributed by atoms with Gasteiger partial charge in [0.1, 0.15) is 17.6 Å². The maximum absolute atomic E-state index is 7.15. The number of nitrogens with zero attached hydrogens (tertiary/aromatic N) is 3. The fourth-order valence-corrected chi connectivity index (χ4v) is 11.7. The second kappa shape index (κ2) is 17.3. The molecule has 5 unspecified atom stereocenters. The van der Waals surface area contributed by atoms with E-state index in [1.807, 2.05) is 0 Å². The van der Waals surface area contributed by atoms with E-state index in [0.29, 0.717) is 5.92 Å². The van der Waals surface area contributed by atoms with E-state index in [4.69, 9.17) is 14.4 Å². The van der Waals surface area contributed by atoms with E-state index in [9.17, 15) is 0 Å². The number of hydrogen-bond acceptors (Lipinski definition) is 5. The molecule has 2 aliphatic heterocycles. The Balaban J connectivity index is 0.956. The van der Waals surface area contributed by atoms with Crippen molar-refractivity contribution in [3.05, 3.63) is 222 Å². The van der Waals surface area contributed by atoms with E-state index in [-0.39, 0.29) is 24.0 Å². The molecule has 5 atom stereocenters. The SMILES string of the molecule is C1=CCC(C2=NC(C3=CCCC=C3)=NC(C3CC(c4cc(-c5ccccc5)cc(C5CC=CCC5)c4)=CC=C3c3ccc4c(c3)oc3c5c(ccc34)C3=CC=CCC3N5c3ccccc3)N2)C=C1. The van der Waals surface area contributed by atoms with Crippen LogP contribution in [0.3, 0.4) is 0 Å². The lowest BCUT2D eigenvalue weighted by Gasteiger charge is -2.35. The summed E-state index contributed by atoms with van der Waals surface area (Å²) in [6.07, 6.45) is 39.7. The summed E-state index contributed by atoms with van der Waals surface area (Å²) >= 11 is 0. The normalized spacial score (nSPS) is 23.9. The number of anilines is 2. The van der Waals surface area contributed by atoms with Crippen molar-refractivity contribution in [2.24, 2.45) is 21.8 Å². The molecule has 7 aliphatic rings. The average molecular weight is 883 g/mol. The van der Waals surface area contributed by atoms with E-state index in [2.05, 4.69) is 204 Å². The van der Waals surface area contributed by atoms with Crippen LogP contribution in [0.2, 0.25) is 0 Å². The molecule has 0 bridgehead atoms. The number of para-hydroxylation sites is 1. The highest BCUT2D eigenvalue weighted by Crippen LogP contribution is 2.52. The Bertz CT molecular complexity index is 3350. The van der Waals surface area contributed by atoms with Gasteiger partial charge in [-0.05, 0) is 138 Å². The number of benzene rings is 5. The highest BCUT2D eigenvalue weighted by molar-refractivity contribution is 6.14. The lowest BCUT2D eigenvalue weighted by Crippen LogP contribution is -2.46. The van der Waals surface area contributed by atoms with Crippen molar-refractivity contribution in [1.82, 2.24) is 5.32 Å². The van der Waals surface area contributed by atoms with Gasteiger partial charge in [-0.2, -0.15) is 0 Å². The van der Waals surface area contributed by atoms with Crippen LogP contribution in [0.5, 0.6) is 0 Å². The van der Waals surface area contributed by atoms with E-state index in [1.54, 1.807) is 0 Å². The number of amidine groups is 2. The molecule has 1 aromatic heterocycles. The third-order valence-corrected chi connectivity index (χ3v) is 15.2. The summed E-state index contributed by atoms with van der Waals surface area (Å²) in [6.45, 7) is 0. The number of nitrogens with one attached hydrogen (secondary N) is 1. The summed E-state index contributed by atoms with van der Waals surface area (Å²) in [7, 11) is 0. The molecule has 332 valence electrons. The molecule has 6 aromatic rings. The van der Waals surface area contributed by atoms with Gasteiger partial charge >= 0.3 is 0 Å². The summed E-state index contributed by atoms with van der Waals surface area (Å²) in [6, 6.07) is 40.8. The Kier molecular flexibility index (Phi) is 10.4. The van der Waals surface area contributed by atoms with Crippen molar-refractivity contribution in [2.45, 2.75) is 69.5 Å². The van der Waals surface area contributed by atoms with E-state index < -0.39 is 0 Å². The summed E-state index contributed by atoms with van der Waals surface area (Å²) in [4.78, 5) is 13.4. The number of hydrogen-bond donors (Lipinski definition) is 1. The predicted octanol–water partition coefficient (Wildman–Crippen LogP) is 15.6. The van der Waals surface area contributed by atoms with Gasteiger partial charge in [-0.3, -0.25) is 0 Å². The minimum Gasteiger partial charge on any atom is -0.454 e. The first-order valence-corrected chi connectivity index (χ1v) is 24.8. The Morgan fingerprint density at radius 2 is 1.51 bits per heavy atom. The largest absolute Gasteiger partial charge is 0.454 e. The van der Waals surface area contributed by atoms with Gasteiger partial charge < -0.3 is 14.6 Å². The quantitative estimate of drug-likeness (QED) is 0.155. The van der Waals surface area contributed by atoms with E-state index in [0.717, 1.165) is 95.4 Å². The molecule has 5 aliphatic carbocycles. The van der Waals surface area contributed by atoms with Gasteiger partial charge in [-0.15, -0.1) is 0 Å². The molecular weight excluding hydrogens is 829 g/mol. The zero-order valence-corrected chi connectivity index (χ0v) is 38.3. The van der Waals surface area contributed by atoms with Crippen molar-refractivity contribution in [2.75, 3.05) is 4.90 Å². The predicted molar refractivity (Wildman–Crippen MR) is 284 cm³/mol. The number of allylic oxidation sites excluding steroid dienone is 12. The highest BCUT2D eigenvalue weighted by atomic mass is 16.3. The molecule has 0 saturated heterocycles. The van der Waals surface area contributed by atoms with Crippen LogP contribution in [0.25, 0.3) is 49.8 Å². The average Bonchev–Trinajstić information content (AvgIpc) is 3.97. The zero-order chi connectivity index (χ0) is 45.0.